The highest BCUT2D eigenvalue weighted by molar-refractivity contribution is 6.09. The molecule has 1 fully saturated rings. The van der Waals surface area contributed by atoms with Gasteiger partial charge in [-0.2, -0.15) is 0 Å². The molecule has 3 aromatic rings. The van der Waals surface area contributed by atoms with Crippen LogP contribution in [-0.2, 0) is 6.61 Å². The van der Waals surface area contributed by atoms with Gasteiger partial charge in [0, 0.05) is 24.2 Å². The van der Waals surface area contributed by atoms with E-state index in [9.17, 15) is 4.79 Å². The third-order valence-corrected chi connectivity index (χ3v) is 6.53. The van der Waals surface area contributed by atoms with Crippen molar-refractivity contribution in [2.75, 3.05) is 25.0 Å². The van der Waals surface area contributed by atoms with Crippen LogP contribution in [0.25, 0.3) is 0 Å². The SMILES string of the molecule is Cc1ccc2c(c1)[C@H]1CN(C)CC[C@@H]1N2C(=O)c1ccccc1OCc1ccccc1. The fraction of sp³-hybridized carbons (Fsp3) is 0.296. The number of carbonyl (C=O) groups is 1. The minimum atomic E-state index is 0.0332. The van der Waals surface area contributed by atoms with Gasteiger partial charge >= 0.3 is 0 Å². The number of likely N-dealkylation sites (N-methyl/N-ethyl adjacent to an activating group) is 1. The topological polar surface area (TPSA) is 32.8 Å². The summed E-state index contributed by atoms with van der Waals surface area (Å²) >= 11 is 0. The third-order valence-electron chi connectivity index (χ3n) is 6.53. The summed E-state index contributed by atoms with van der Waals surface area (Å²) in [6.45, 7) is 4.55. The van der Waals surface area contributed by atoms with Crippen LogP contribution in [0.15, 0.2) is 72.8 Å². The lowest BCUT2D eigenvalue weighted by Gasteiger charge is -2.36. The molecule has 1 saturated heterocycles. The van der Waals surface area contributed by atoms with E-state index in [0.717, 1.165) is 30.8 Å². The second-order valence-corrected chi connectivity index (χ2v) is 8.73. The summed E-state index contributed by atoms with van der Waals surface area (Å²) in [5.41, 5.74) is 5.31. The number of hydrogen-bond donors (Lipinski definition) is 0. The molecule has 3 aromatic carbocycles. The van der Waals surface area contributed by atoms with Crippen molar-refractivity contribution < 1.29 is 9.53 Å². The predicted molar refractivity (Wildman–Crippen MR) is 124 cm³/mol. The number of anilines is 1. The van der Waals surface area contributed by atoms with Crippen LogP contribution in [0.5, 0.6) is 5.75 Å². The molecule has 0 radical (unpaired) electrons. The Balaban J connectivity index is 1.48. The van der Waals surface area contributed by atoms with Crippen molar-refractivity contribution in [3.8, 4) is 5.75 Å². The van der Waals surface area contributed by atoms with Crippen LogP contribution in [0.4, 0.5) is 5.69 Å². The first kappa shape index (κ1) is 19.8. The minimum Gasteiger partial charge on any atom is -0.488 e. The van der Waals surface area contributed by atoms with E-state index in [1.165, 1.54) is 11.1 Å². The van der Waals surface area contributed by atoms with Crippen LogP contribution >= 0.6 is 0 Å². The summed E-state index contributed by atoms with van der Waals surface area (Å²) in [6, 6.07) is 24.4. The highest BCUT2D eigenvalue weighted by Gasteiger charge is 2.44. The lowest BCUT2D eigenvalue weighted by atomic mass is 9.88. The summed E-state index contributed by atoms with van der Waals surface area (Å²) in [4.78, 5) is 18.3. The van der Waals surface area contributed by atoms with Gasteiger partial charge in [0.1, 0.15) is 12.4 Å². The molecule has 2 atom stereocenters. The van der Waals surface area contributed by atoms with Crippen LogP contribution in [0, 0.1) is 6.92 Å². The Morgan fingerprint density at radius 3 is 2.65 bits per heavy atom. The summed E-state index contributed by atoms with van der Waals surface area (Å²) in [5, 5.41) is 0. The van der Waals surface area contributed by atoms with Gasteiger partial charge in [0.15, 0.2) is 0 Å². The van der Waals surface area contributed by atoms with E-state index < -0.39 is 0 Å². The Labute approximate surface area is 184 Å². The number of nitrogens with zero attached hydrogens (tertiary/aromatic N) is 2. The Bertz CT molecular complexity index is 1100. The van der Waals surface area contributed by atoms with Gasteiger partial charge in [-0.15, -0.1) is 0 Å². The molecule has 0 aliphatic carbocycles. The van der Waals surface area contributed by atoms with Gasteiger partial charge in [-0.1, -0.05) is 60.2 Å². The Hall–Kier alpha value is -3.11. The molecule has 158 valence electrons. The van der Waals surface area contributed by atoms with Crippen molar-refractivity contribution in [3.05, 3.63) is 95.1 Å². The zero-order valence-electron chi connectivity index (χ0n) is 18.1. The molecule has 5 rings (SSSR count). The molecule has 0 unspecified atom stereocenters. The molecule has 2 aliphatic rings. The number of amides is 1. The third kappa shape index (κ3) is 3.72. The highest BCUT2D eigenvalue weighted by atomic mass is 16.5. The summed E-state index contributed by atoms with van der Waals surface area (Å²) in [7, 11) is 2.17. The Kier molecular flexibility index (Phi) is 5.24. The van der Waals surface area contributed by atoms with Crippen molar-refractivity contribution >= 4 is 11.6 Å². The zero-order valence-corrected chi connectivity index (χ0v) is 18.1. The average Bonchev–Trinajstić information content (AvgIpc) is 3.11. The fourth-order valence-electron chi connectivity index (χ4n) is 4.98. The standard InChI is InChI=1S/C27H28N2O2/c1-19-12-13-24-22(16-19)23-17-28(2)15-14-25(23)29(24)27(30)21-10-6-7-11-26(21)31-18-20-8-4-3-5-9-20/h3-13,16,23,25H,14-15,17-18H2,1-2H3/t23-,25+/m1/s1. The number of hydrogen-bond acceptors (Lipinski definition) is 3. The number of carbonyl (C=O) groups excluding carboxylic acids is 1. The van der Waals surface area contributed by atoms with E-state index in [-0.39, 0.29) is 11.9 Å². The Morgan fingerprint density at radius 1 is 1.03 bits per heavy atom. The number of ether oxygens (including phenoxy) is 1. The second-order valence-electron chi connectivity index (χ2n) is 8.73. The van der Waals surface area contributed by atoms with Crippen LogP contribution in [0.3, 0.4) is 0 Å². The van der Waals surface area contributed by atoms with E-state index in [4.69, 9.17) is 4.74 Å². The second kappa shape index (κ2) is 8.20. The smallest absolute Gasteiger partial charge is 0.262 e. The number of fused-ring (bicyclic) bond motifs is 3. The van der Waals surface area contributed by atoms with Crippen molar-refractivity contribution in [2.45, 2.75) is 31.9 Å². The molecule has 4 heteroatoms. The van der Waals surface area contributed by atoms with Crippen molar-refractivity contribution in [3.63, 3.8) is 0 Å². The van der Waals surface area contributed by atoms with E-state index in [1.807, 2.05) is 59.5 Å². The molecular formula is C27H28N2O2. The maximum atomic E-state index is 13.9. The first-order valence-electron chi connectivity index (χ1n) is 11.0. The van der Waals surface area contributed by atoms with Crippen molar-refractivity contribution in [2.24, 2.45) is 0 Å². The van der Waals surface area contributed by atoms with Crippen molar-refractivity contribution in [1.29, 1.82) is 0 Å². The molecular weight excluding hydrogens is 384 g/mol. The molecule has 1 amide bonds. The number of aryl methyl sites for hydroxylation is 1. The van der Waals surface area contributed by atoms with Gasteiger partial charge in [0.2, 0.25) is 0 Å². The first-order valence-corrected chi connectivity index (χ1v) is 11.0. The molecule has 2 heterocycles. The monoisotopic (exact) mass is 412 g/mol. The molecule has 0 bridgehead atoms. The highest BCUT2D eigenvalue weighted by Crippen LogP contribution is 2.46. The quantitative estimate of drug-likeness (QED) is 0.603. The van der Waals surface area contributed by atoms with Gasteiger partial charge in [0.25, 0.3) is 5.91 Å². The number of benzene rings is 3. The molecule has 31 heavy (non-hydrogen) atoms. The maximum Gasteiger partial charge on any atom is 0.262 e. The van der Waals surface area contributed by atoms with E-state index in [2.05, 4.69) is 37.1 Å². The average molecular weight is 413 g/mol. The van der Waals surface area contributed by atoms with Gasteiger partial charge in [-0.25, -0.2) is 0 Å². The number of likely N-dealkylation sites (tertiary alicyclic amines) is 1. The van der Waals surface area contributed by atoms with Gasteiger partial charge in [-0.3, -0.25) is 4.79 Å². The van der Waals surface area contributed by atoms with Crippen LogP contribution < -0.4 is 9.64 Å². The van der Waals surface area contributed by atoms with Crippen molar-refractivity contribution in [1.82, 2.24) is 4.90 Å². The molecule has 0 saturated carbocycles. The number of rotatable bonds is 4. The molecule has 2 aliphatic heterocycles. The first-order chi connectivity index (χ1) is 15.1. The summed E-state index contributed by atoms with van der Waals surface area (Å²) in [6.07, 6.45) is 0.980. The van der Waals surface area contributed by atoms with E-state index in [1.54, 1.807) is 0 Å². The molecule has 0 N–H and O–H groups in total. The largest absolute Gasteiger partial charge is 0.488 e. The predicted octanol–water partition coefficient (Wildman–Crippen LogP) is 5.02. The van der Waals surface area contributed by atoms with Crippen LogP contribution in [0.2, 0.25) is 0 Å². The minimum absolute atomic E-state index is 0.0332. The Morgan fingerprint density at radius 2 is 1.81 bits per heavy atom. The number of piperidine rings is 1. The van der Waals surface area contributed by atoms with E-state index >= 15 is 0 Å². The zero-order chi connectivity index (χ0) is 21.4. The molecule has 0 aromatic heterocycles. The lowest BCUT2D eigenvalue weighted by molar-refractivity contribution is 0.0960. The van der Waals surface area contributed by atoms with Gasteiger partial charge < -0.3 is 14.5 Å². The van der Waals surface area contributed by atoms with Crippen LogP contribution in [-0.4, -0.2) is 37.0 Å². The fourth-order valence-corrected chi connectivity index (χ4v) is 4.98. The van der Waals surface area contributed by atoms with Gasteiger partial charge in [-0.05, 0) is 56.3 Å². The van der Waals surface area contributed by atoms with Gasteiger partial charge in [0.05, 0.1) is 5.56 Å². The lowest BCUT2D eigenvalue weighted by Crippen LogP contribution is -2.47. The maximum absolute atomic E-state index is 13.9. The molecule has 4 nitrogen and oxygen atoms in total. The summed E-state index contributed by atoms with van der Waals surface area (Å²) < 4.78 is 6.11. The molecule has 0 spiro atoms. The number of para-hydroxylation sites is 1. The normalized spacial score (nSPS) is 20.3. The van der Waals surface area contributed by atoms with Crippen LogP contribution in [0.1, 0.15) is 39.4 Å². The van der Waals surface area contributed by atoms with E-state index in [0.29, 0.717) is 23.8 Å². The summed E-state index contributed by atoms with van der Waals surface area (Å²) in [5.74, 6) is 1.03.